The van der Waals surface area contributed by atoms with Crippen molar-refractivity contribution in [1.82, 2.24) is 19.4 Å². The highest BCUT2D eigenvalue weighted by atomic mass is 32.2. The number of rotatable bonds is 5. The summed E-state index contributed by atoms with van der Waals surface area (Å²) in [5.41, 5.74) is -1.21. The van der Waals surface area contributed by atoms with E-state index in [0.717, 1.165) is 12.5 Å². The normalized spacial score (nSPS) is 28.3. The first kappa shape index (κ1) is 24.6. The average Bonchev–Trinajstić information content (AvgIpc) is 2.96. The molecule has 1 aliphatic carbocycles. The van der Waals surface area contributed by atoms with Crippen molar-refractivity contribution in [3.8, 4) is 0 Å². The van der Waals surface area contributed by atoms with Crippen LogP contribution in [0, 0.1) is 21.4 Å². The van der Waals surface area contributed by atoms with E-state index in [-0.39, 0.29) is 41.7 Å². The Kier molecular flexibility index (Phi) is 6.19. The Morgan fingerprint density at radius 1 is 1.15 bits per heavy atom. The van der Waals surface area contributed by atoms with Gasteiger partial charge in [-0.3, -0.25) is 19.8 Å². The van der Waals surface area contributed by atoms with Crippen molar-refractivity contribution in [2.24, 2.45) is 11.3 Å². The number of carbonyl (C=O) groups excluding carboxylic acids is 2. The highest BCUT2D eigenvalue weighted by molar-refractivity contribution is 7.89. The molecule has 3 fully saturated rings. The lowest BCUT2D eigenvalue weighted by atomic mass is 9.64. The summed E-state index contributed by atoms with van der Waals surface area (Å²) >= 11 is 0. The molecule has 0 unspecified atom stereocenters. The molecule has 0 radical (unpaired) electrons. The van der Waals surface area contributed by atoms with Gasteiger partial charge in [-0.1, -0.05) is 26.8 Å². The molecule has 3 aliphatic rings. The molecule has 3 amide bonds. The van der Waals surface area contributed by atoms with Crippen LogP contribution in [0.25, 0.3) is 0 Å². The van der Waals surface area contributed by atoms with Crippen LogP contribution in [0.5, 0.6) is 0 Å². The number of urea groups is 1. The van der Waals surface area contributed by atoms with E-state index >= 15 is 0 Å². The van der Waals surface area contributed by atoms with Crippen LogP contribution in [-0.2, 0) is 14.8 Å². The van der Waals surface area contributed by atoms with Gasteiger partial charge in [0.05, 0.1) is 16.5 Å². The number of benzene rings is 1. The number of hydrogen-bond donors (Lipinski definition) is 1. The lowest BCUT2D eigenvalue weighted by molar-refractivity contribution is -0.385. The maximum atomic E-state index is 13.3. The largest absolute Gasteiger partial charge is 0.326 e. The van der Waals surface area contributed by atoms with Crippen LogP contribution in [0.15, 0.2) is 29.2 Å². The van der Waals surface area contributed by atoms with Gasteiger partial charge in [0.2, 0.25) is 10.0 Å². The van der Waals surface area contributed by atoms with Gasteiger partial charge >= 0.3 is 6.03 Å². The summed E-state index contributed by atoms with van der Waals surface area (Å²) in [4.78, 5) is 39.5. The third kappa shape index (κ3) is 4.53. The van der Waals surface area contributed by atoms with E-state index < -0.39 is 26.5 Å². The number of nitro benzene ring substituents is 1. The topological polar surface area (TPSA) is 133 Å². The minimum Gasteiger partial charge on any atom is -0.323 e. The van der Waals surface area contributed by atoms with Gasteiger partial charge in [0.15, 0.2) is 0 Å². The molecule has 2 atom stereocenters. The van der Waals surface area contributed by atoms with Crippen LogP contribution in [0.3, 0.4) is 0 Å². The smallest absolute Gasteiger partial charge is 0.323 e. The summed E-state index contributed by atoms with van der Waals surface area (Å²) in [6.45, 7) is 7.42. The zero-order chi connectivity index (χ0) is 24.9. The van der Waals surface area contributed by atoms with Gasteiger partial charge in [-0.15, -0.1) is 0 Å². The molecule has 186 valence electrons. The second-order valence-corrected chi connectivity index (χ2v) is 12.5. The molecule has 1 N–H and O–H groups in total. The van der Waals surface area contributed by atoms with E-state index in [1.165, 1.54) is 27.4 Å². The fraction of sp³-hybridized carbons (Fsp3) is 0.636. The molecule has 2 aliphatic heterocycles. The van der Waals surface area contributed by atoms with Crippen molar-refractivity contribution >= 4 is 27.6 Å². The van der Waals surface area contributed by atoms with Gasteiger partial charge in [-0.25, -0.2) is 18.1 Å². The minimum absolute atomic E-state index is 0.0525. The molecule has 0 aromatic heterocycles. The van der Waals surface area contributed by atoms with E-state index in [1.54, 1.807) is 0 Å². The van der Waals surface area contributed by atoms with E-state index in [9.17, 15) is 28.1 Å². The molecule has 1 aromatic carbocycles. The molecule has 12 heteroatoms. The van der Waals surface area contributed by atoms with Gasteiger partial charge in [0, 0.05) is 38.3 Å². The molecule has 1 saturated carbocycles. The van der Waals surface area contributed by atoms with Gasteiger partial charge in [-0.05, 0) is 36.7 Å². The number of non-ortho nitro benzene ring substituents is 1. The van der Waals surface area contributed by atoms with Crippen molar-refractivity contribution in [3.63, 3.8) is 0 Å². The standard InChI is InChI=1S/C22H31N5O6S/c1-16-12-21(2,3)14-22(13-16)19(28)26(20(29)23-22)15-24-7-9-25(10-8-24)34(32,33)18-6-4-5-17(11-18)27(30)31/h4-6,11,16H,7-10,12-15H2,1-3H3,(H,23,29)/t16-,22+/m1/s1. The summed E-state index contributed by atoms with van der Waals surface area (Å²) in [5, 5.41) is 14.0. The molecular weight excluding hydrogens is 462 g/mol. The fourth-order valence-electron chi connectivity index (χ4n) is 5.85. The minimum atomic E-state index is -3.89. The van der Waals surface area contributed by atoms with Crippen LogP contribution >= 0.6 is 0 Å². The molecule has 4 rings (SSSR count). The zero-order valence-electron chi connectivity index (χ0n) is 19.7. The Bertz CT molecular complexity index is 1110. The van der Waals surface area contributed by atoms with E-state index in [0.29, 0.717) is 31.8 Å². The molecule has 2 heterocycles. The van der Waals surface area contributed by atoms with E-state index in [2.05, 4.69) is 26.1 Å². The number of nitrogens with one attached hydrogen (secondary N) is 1. The van der Waals surface area contributed by atoms with E-state index in [1.807, 2.05) is 4.90 Å². The number of imide groups is 1. The van der Waals surface area contributed by atoms with Crippen molar-refractivity contribution in [2.45, 2.75) is 50.5 Å². The maximum Gasteiger partial charge on any atom is 0.326 e. The SMILES string of the molecule is C[C@@H]1CC(C)(C)C[C@]2(C1)NC(=O)N(CN1CCN(S(=O)(=O)c3cccc([N+](=O)[O-])c3)CC1)C2=O. The van der Waals surface area contributed by atoms with Crippen molar-refractivity contribution in [1.29, 1.82) is 0 Å². The van der Waals surface area contributed by atoms with Gasteiger partial charge in [-0.2, -0.15) is 4.31 Å². The number of piperazine rings is 1. The summed E-state index contributed by atoms with van der Waals surface area (Å²) in [7, 11) is -3.89. The molecular formula is C22H31N5O6S. The molecule has 34 heavy (non-hydrogen) atoms. The third-order valence-electron chi connectivity index (χ3n) is 6.96. The van der Waals surface area contributed by atoms with Gasteiger partial charge < -0.3 is 5.32 Å². The Morgan fingerprint density at radius 3 is 2.44 bits per heavy atom. The number of nitro groups is 1. The zero-order valence-corrected chi connectivity index (χ0v) is 20.5. The monoisotopic (exact) mass is 493 g/mol. The first-order chi connectivity index (χ1) is 15.8. The summed E-state index contributed by atoms with van der Waals surface area (Å²) < 4.78 is 27.2. The number of carbonyl (C=O) groups is 2. The number of hydrogen-bond acceptors (Lipinski definition) is 7. The molecule has 2 saturated heterocycles. The summed E-state index contributed by atoms with van der Waals surface area (Å²) in [5.74, 6) is 0.110. The quantitative estimate of drug-likeness (QED) is 0.377. The van der Waals surface area contributed by atoms with Crippen LogP contribution in [0.4, 0.5) is 10.5 Å². The highest BCUT2D eigenvalue weighted by Crippen LogP contribution is 2.46. The molecule has 11 nitrogen and oxygen atoms in total. The van der Waals surface area contributed by atoms with Crippen LogP contribution in [0.1, 0.15) is 40.0 Å². The maximum absolute atomic E-state index is 13.3. The summed E-state index contributed by atoms with van der Waals surface area (Å²) in [6.07, 6.45) is 2.21. The summed E-state index contributed by atoms with van der Waals surface area (Å²) in [6, 6.07) is 4.59. The number of nitrogens with zero attached hydrogens (tertiary/aromatic N) is 4. The third-order valence-corrected chi connectivity index (χ3v) is 8.86. The Balaban J connectivity index is 1.41. The molecule has 0 bridgehead atoms. The van der Waals surface area contributed by atoms with Crippen molar-refractivity contribution < 1.29 is 22.9 Å². The first-order valence-electron chi connectivity index (χ1n) is 11.4. The second-order valence-electron chi connectivity index (χ2n) is 10.5. The predicted octanol–water partition coefficient (Wildman–Crippen LogP) is 2.00. The lowest BCUT2D eigenvalue weighted by Gasteiger charge is -2.44. The molecule has 1 aromatic rings. The van der Waals surface area contributed by atoms with Crippen molar-refractivity contribution in [2.75, 3.05) is 32.8 Å². The Hall–Kier alpha value is -2.57. The lowest BCUT2D eigenvalue weighted by Crippen LogP contribution is -2.55. The van der Waals surface area contributed by atoms with Crippen LogP contribution < -0.4 is 5.32 Å². The first-order valence-corrected chi connectivity index (χ1v) is 12.9. The second kappa shape index (κ2) is 8.58. The van der Waals surface area contributed by atoms with Crippen LogP contribution in [0.2, 0.25) is 0 Å². The fourth-order valence-corrected chi connectivity index (χ4v) is 7.31. The van der Waals surface area contributed by atoms with Crippen molar-refractivity contribution in [3.05, 3.63) is 34.4 Å². The van der Waals surface area contributed by atoms with Crippen LogP contribution in [-0.4, -0.2) is 77.8 Å². The van der Waals surface area contributed by atoms with Gasteiger partial charge in [0.1, 0.15) is 5.54 Å². The average molecular weight is 494 g/mol. The Morgan fingerprint density at radius 2 is 1.82 bits per heavy atom. The predicted molar refractivity (Wildman–Crippen MR) is 123 cm³/mol. The Labute approximate surface area is 199 Å². The molecule has 1 spiro atoms. The van der Waals surface area contributed by atoms with Gasteiger partial charge in [0.25, 0.3) is 11.6 Å². The number of amides is 3. The highest BCUT2D eigenvalue weighted by Gasteiger charge is 2.56. The number of sulfonamides is 1. The van der Waals surface area contributed by atoms with E-state index in [4.69, 9.17) is 0 Å².